The minimum absolute atomic E-state index is 0.0267. The van der Waals surface area contributed by atoms with Gasteiger partial charge in [-0.2, -0.15) is 0 Å². The van der Waals surface area contributed by atoms with Gasteiger partial charge in [0, 0.05) is 5.56 Å². The second-order valence-corrected chi connectivity index (χ2v) is 5.42. The third-order valence-corrected chi connectivity index (χ3v) is 3.83. The van der Waals surface area contributed by atoms with E-state index in [0.29, 0.717) is 0 Å². The molecule has 0 saturated heterocycles. The fourth-order valence-electron chi connectivity index (χ4n) is 2.90. The average molecular weight is 287 g/mol. The Hall–Kier alpha value is -1.87. The minimum Gasteiger partial charge on any atom is -0.496 e. The van der Waals surface area contributed by atoms with Gasteiger partial charge in [0.25, 0.3) is 0 Å². The Kier molecular flexibility index (Phi) is 4.63. The van der Waals surface area contributed by atoms with Crippen LogP contribution in [0.2, 0.25) is 0 Å². The van der Waals surface area contributed by atoms with Gasteiger partial charge in [0.2, 0.25) is 0 Å². The van der Waals surface area contributed by atoms with Gasteiger partial charge in [0.05, 0.1) is 13.2 Å². The Balaban J connectivity index is 2.61. The predicted molar refractivity (Wildman–Crippen MR) is 84.5 cm³/mol. The van der Waals surface area contributed by atoms with Gasteiger partial charge < -0.3 is 10.1 Å². The van der Waals surface area contributed by atoms with Crippen LogP contribution in [-0.2, 0) is 0 Å². The summed E-state index contributed by atoms with van der Waals surface area (Å²) in [6.45, 7) is 6.06. The second-order valence-electron chi connectivity index (χ2n) is 5.42. The van der Waals surface area contributed by atoms with Crippen LogP contribution in [-0.4, -0.2) is 14.2 Å². The second kappa shape index (κ2) is 6.27. The van der Waals surface area contributed by atoms with Gasteiger partial charge in [-0.15, -0.1) is 0 Å². The zero-order chi connectivity index (χ0) is 15.6. The molecule has 0 amide bonds. The van der Waals surface area contributed by atoms with E-state index in [2.05, 4.69) is 25.2 Å². The van der Waals surface area contributed by atoms with Crippen molar-refractivity contribution in [3.63, 3.8) is 0 Å². The molecule has 0 radical (unpaired) electrons. The Labute approximate surface area is 126 Å². The lowest BCUT2D eigenvalue weighted by atomic mass is 9.90. The van der Waals surface area contributed by atoms with E-state index in [0.717, 1.165) is 28.0 Å². The van der Waals surface area contributed by atoms with Gasteiger partial charge in [0.15, 0.2) is 0 Å². The summed E-state index contributed by atoms with van der Waals surface area (Å²) >= 11 is 0. The summed E-state index contributed by atoms with van der Waals surface area (Å²) in [5, 5.41) is 3.33. The monoisotopic (exact) mass is 287 g/mol. The zero-order valence-electron chi connectivity index (χ0n) is 13.3. The van der Waals surface area contributed by atoms with E-state index in [-0.39, 0.29) is 11.9 Å². The summed E-state index contributed by atoms with van der Waals surface area (Å²) < 4.78 is 18.9. The highest BCUT2D eigenvalue weighted by Crippen LogP contribution is 2.35. The molecule has 0 fully saturated rings. The van der Waals surface area contributed by atoms with Crippen molar-refractivity contribution in [2.24, 2.45) is 0 Å². The van der Waals surface area contributed by atoms with Gasteiger partial charge >= 0.3 is 0 Å². The number of ether oxygens (including phenoxy) is 1. The maximum absolute atomic E-state index is 13.3. The molecule has 1 unspecified atom stereocenters. The Morgan fingerprint density at radius 1 is 1.05 bits per heavy atom. The maximum Gasteiger partial charge on any atom is 0.124 e. The van der Waals surface area contributed by atoms with E-state index in [9.17, 15) is 4.39 Å². The summed E-state index contributed by atoms with van der Waals surface area (Å²) in [6.07, 6.45) is 0. The summed E-state index contributed by atoms with van der Waals surface area (Å²) in [5.41, 5.74) is 5.41. The molecule has 0 saturated carbocycles. The first-order valence-electron chi connectivity index (χ1n) is 7.06. The van der Waals surface area contributed by atoms with Crippen LogP contribution in [0.25, 0.3) is 0 Å². The third kappa shape index (κ3) is 3.08. The minimum atomic E-state index is -0.210. The standard InChI is InChI=1S/C18H22FNO/c1-11-8-13(3)17(16(9-11)21-5)18(20-4)15-7-6-14(19)10-12(15)2/h6-10,18,20H,1-5H3. The van der Waals surface area contributed by atoms with Gasteiger partial charge in [-0.25, -0.2) is 4.39 Å². The number of hydrogen-bond donors (Lipinski definition) is 1. The molecule has 0 heterocycles. The fraction of sp³-hybridized carbons (Fsp3) is 0.333. The molecule has 2 rings (SSSR count). The molecule has 0 aliphatic carbocycles. The van der Waals surface area contributed by atoms with Crippen molar-refractivity contribution in [3.8, 4) is 5.75 Å². The smallest absolute Gasteiger partial charge is 0.124 e. The highest BCUT2D eigenvalue weighted by atomic mass is 19.1. The van der Waals surface area contributed by atoms with Crippen molar-refractivity contribution in [2.45, 2.75) is 26.8 Å². The number of benzene rings is 2. The van der Waals surface area contributed by atoms with Gasteiger partial charge in [0.1, 0.15) is 11.6 Å². The van der Waals surface area contributed by atoms with Crippen LogP contribution in [0.5, 0.6) is 5.75 Å². The van der Waals surface area contributed by atoms with Crippen LogP contribution in [0.1, 0.15) is 33.9 Å². The lowest BCUT2D eigenvalue weighted by Gasteiger charge is -2.24. The number of rotatable bonds is 4. The summed E-state index contributed by atoms with van der Waals surface area (Å²) in [6, 6.07) is 9.05. The molecule has 1 N–H and O–H groups in total. The molecule has 2 aromatic carbocycles. The van der Waals surface area contributed by atoms with Gasteiger partial charge in [-0.3, -0.25) is 0 Å². The van der Waals surface area contributed by atoms with Gasteiger partial charge in [-0.1, -0.05) is 12.1 Å². The molecular formula is C18H22FNO. The molecule has 0 aliphatic heterocycles. The molecule has 1 atom stereocenters. The molecule has 0 aromatic heterocycles. The summed E-state index contributed by atoms with van der Waals surface area (Å²) in [4.78, 5) is 0. The number of aryl methyl sites for hydroxylation is 3. The van der Waals surface area contributed by atoms with Crippen LogP contribution >= 0.6 is 0 Å². The van der Waals surface area contributed by atoms with Crippen molar-refractivity contribution in [1.82, 2.24) is 5.32 Å². The fourth-order valence-corrected chi connectivity index (χ4v) is 2.90. The van der Waals surface area contributed by atoms with Crippen LogP contribution in [0.4, 0.5) is 4.39 Å². The molecule has 0 aliphatic rings. The zero-order valence-corrected chi connectivity index (χ0v) is 13.3. The Morgan fingerprint density at radius 2 is 1.76 bits per heavy atom. The van der Waals surface area contributed by atoms with E-state index in [4.69, 9.17) is 4.74 Å². The SMILES string of the molecule is CNC(c1ccc(F)cc1C)c1c(C)cc(C)cc1OC. The molecule has 2 aromatic rings. The third-order valence-electron chi connectivity index (χ3n) is 3.83. The molecule has 112 valence electrons. The van der Waals surface area contributed by atoms with Crippen LogP contribution in [0.3, 0.4) is 0 Å². The van der Waals surface area contributed by atoms with E-state index in [1.54, 1.807) is 13.2 Å². The topological polar surface area (TPSA) is 21.3 Å². The van der Waals surface area contributed by atoms with Crippen molar-refractivity contribution in [2.75, 3.05) is 14.2 Å². The Bertz CT molecular complexity index is 652. The van der Waals surface area contributed by atoms with E-state index >= 15 is 0 Å². The van der Waals surface area contributed by atoms with Crippen molar-refractivity contribution < 1.29 is 9.13 Å². The van der Waals surface area contributed by atoms with Crippen molar-refractivity contribution >= 4 is 0 Å². The first-order valence-corrected chi connectivity index (χ1v) is 7.06. The molecule has 21 heavy (non-hydrogen) atoms. The number of methoxy groups -OCH3 is 1. The van der Waals surface area contributed by atoms with E-state index in [1.807, 2.05) is 26.1 Å². The highest BCUT2D eigenvalue weighted by Gasteiger charge is 2.21. The molecule has 3 heteroatoms. The van der Waals surface area contributed by atoms with Crippen LogP contribution < -0.4 is 10.1 Å². The normalized spacial score (nSPS) is 12.3. The van der Waals surface area contributed by atoms with E-state index < -0.39 is 0 Å². The number of nitrogens with one attached hydrogen (secondary N) is 1. The lowest BCUT2D eigenvalue weighted by molar-refractivity contribution is 0.404. The van der Waals surface area contributed by atoms with Crippen molar-refractivity contribution in [3.05, 3.63) is 64.0 Å². The maximum atomic E-state index is 13.3. The van der Waals surface area contributed by atoms with Crippen LogP contribution in [0.15, 0.2) is 30.3 Å². The first kappa shape index (κ1) is 15.5. The highest BCUT2D eigenvalue weighted by molar-refractivity contribution is 5.49. The van der Waals surface area contributed by atoms with Crippen LogP contribution in [0, 0.1) is 26.6 Å². The molecular weight excluding hydrogens is 265 g/mol. The summed E-state index contributed by atoms with van der Waals surface area (Å²) in [7, 11) is 3.59. The molecule has 0 bridgehead atoms. The Morgan fingerprint density at radius 3 is 2.33 bits per heavy atom. The number of hydrogen-bond acceptors (Lipinski definition) is 2. The van der Waals surface area contributed by atoms with Gasteiger partial charge in [-0.05, 0) is 68.3 Å². The molecule has 0 spiro atoms. The number of halogens is 1. The average Bonchev–Trinajstić information content (AvgIpc) is 2.42. The predicted octanol–water partition coefficient (Wildman–Crippen LogP) is 4.07. The van der Waals surface area contributed by atoms with E-state index in [1.165, 1.54) is 11.6 Å². The summed E-state index contributed by atoms with van der Waals surface area (Å²) in [5.74, 6) is 0.647. The quantitative estimate of drug-likeness (QED) is 0.915. The lowest BCUT2D eigenvalue weighted by Crippen LogP contribution is -2.20. The first-order chi connectivity index (χ1) is 9.97. The molecule has 2 nitrogen and oxygen atoms in total. The van der Waals surface area contributed by atoms with Crippen molar-refractivity contribution in [1.29, 1.82) is 0 Å². The largest absolute Gasteiger partial charge is 0.496 e.